The molecular weight excluding hydrogens is 182 g/mol. The Hall–Kier alpha value is -1.32. The van der Waals surface area contributed by atoms with Crippen molar-refractivity contribution in [3.05, 3.63) is 17.3 Å². The molecule has 1 rings (SSSR count). The number of nitrogens with zero attached hydrogens (tertiary/aromatic N) is 1. The zero-order chi connectivity index (χ0) is 10.6. The van der Waals surface area contributed by atoms with Crippen molar-refractivity contribution < 1.29 is 13.9 Å². The molecule has 0 unspecified atom stereocenters. The van der Waals surface area contributed by atoms with Gasteiger partial charge in [0, 0.05) is 6.92 Å². The molecule has 0 aromatic carbocycles. The lowest BCUT2D eigenvalue weighted by atomic mass is 10.2. The number of carbonyl (C=O) groups excluding carboxylic acids is 1. The van der Waals surface area contributed by atoms with Crippen molar-refractivity contribution in [3.63, 3.8) is 0 Å². The molecule has 0 aliphatic rings. The molecule has 0 saturated heterocycles. The lowest BCUT2D eigenvalue weighted by molar-refractivity contribution is 0.0487. The first-order chi connectivity index (χ1) is 6.69. The highest BCUT2D eigenvalue weighted by atomic mass is 16.5. The van der Waals surface area contributed by atoms with Gasteiger partial charge >= 0.3 is 5.97 Å². The zero-order valence-corrected chi connectivity index (χ0v) is 8.79. The number of hydrogen-bond acceptors (Lipinski definition) is 4. The van der Waals surface area contributed by atoms with Crippen molar-refractivity contribution in [3.8, 4) is 0 Å². The van der Waals surface area contributed by atoms with Gasteiger partial charge in [-0.05, 0) is 13.3 Å². The standard InChI is InChI=1S/C10H15NO3/c1-4-6-8-9(10(12)13-5-2)14-7(3)11-8/h4-6H2,1-3H3. The highest BCUT2D eigenvalue weighted by Crippen LogP contribution is 2.13. The predicted molar refractivity (Wildman–Crippen MR) is 51.2 cm³/mol. The average molecular weight is 197 g/mol. The minimum Gasteiger partial charge on any atom is -0.460 e. The summed E-state index contributed by atoms with van der Waals surface area (Å²) < 4.78 is 10.1. The smallest absolute Gasteiger partial charge is 0.376 e. The summed E-state index contributed by atoms with van der Waals surface area (Å²) in [7, 11) is 0. The fourth-order valence-corrected chi connectivity index (χ4v) is 1.23. The van der Waals surface area contributed by atoms with Crippen LogP contribution in [0.1, 0.15) is 42.4 Å². The number of oxazole rings is 1. The molecule has 0 atom stereocenters. The summed E-state index contributed by atoms with van der Waals surface area (Å²) in [6, 6.07) is 0. The van der Waals surface area contributed by atoms with Gasteiger partial charge in [-0.25, -0.2) is 9.78 Å². The molecule has 0 aliphatic heterocycles. The van der Waals surface area contributed by atoms with Crippen molar-refractivity contribution in [2.45, 2.75) is 33.6 Å². The fourth-order valence-electron chi connectivity index (χ4n) is 1.23. The van der Waals surface area contributed by atoms with Crippen LogP contribution in [0.25, 0.3) is 0 Å². The second-order valence-corrected chi connectivity index (χ2v) is 2.98. The fraction of sp³-hybridized carbons (Fsp3) is 0.600. The molecule has 0 radical (unpaired) electrons. The number of carbonyl (C=O) groups is 1. The van der Waals surface area contributed by atoms with E-state index in [1.807, 2.05) is 6.92 Å². The number of ether oxygens (including phenoxy) is 1. The lowest BCUT2D eigenvalue weighted by Gasteiger charge is -1.99. The van der Waals surface area contributed by atoms with E-state index in [1.54, 1.807) is 13.8 Å². The Morgan fingerprint density at radius 3 is 2.79 bits per heavy atom. The van der Waals surface area contributed by atoms with Crippen LogP contribution < -0.4 is 0 Å². The van der Waals surface area contributed by atoms with E-state index < -0.39 is 5.97 Å². The largest absolute Gasteiger partial charge is 0.460 e. The first-order valence-corrected chi connectivity index (χ1v) is 4.82. The Morgan fingerprint density at radius 2 is 2.21 bits per heavy atom. The third kappa shape index (κ3) is 2.34. The number of aryl methyl sites for hydroxylation is 2. The van der Waals surface area contributed by atoms with Crippen LogP contribution in [-0.4, -0.2) is 17.6 Å². The summed E-state index contributed by atoms with van der Waals surface area (Å²) in [5, 5.41) is 0. The minimum absolute atomic E-state index is 0.256. The number of hydrogen-bond donors (Lipinski definition) is 0. The maximum atomic E-state index is 11.4. The first-order valence-electron chi connectivity index (χ1n) is 4.82. The lowest BCUT2D eigenvalue weighted by Crippen LogP contribution is -2.06. The summed E-state index contributed by atoms with van der Waals surface area (Å²) in [4.78, 5) is 15.5. The van der Waals surface area contributed by atoms with Crippen LogP contribution in [0.2, 0.25) is 0 Å². The van der Waals surface area contributed by atoms with Crippen molar-refractivity contribution in [2.75, 3.05) is 6.61 Å². The van der Waals surface area contributed by atoms with Crippen molar-refractivity contribution >= 4 is 5.97 Å². The zero-order valence-electron chi connectivity index (χ0n) is 8.79. The van der Waals surface area contributed by atoms with Gasteiger partial charge in [0.25, 0.3) is 0 Å². The molecule has 0 fully saturated rings. The molecule has 14 heavy (non-hydrogen) atoms. The van der Waals surface area contributed by atoms with E-state index in [-0.39, 0.29) is 5.76 Å². The van der Waals surface area contributed by atoms with Gasteiger partial charge in [0.05, 0.1) is 12.3 Å². The van der Waals surface area contributed by atoms with E-state index in [1.165, 1.54) is 0 Å². The molecule has 4 heteroatoms. The van der Waals surface area contributed by atoms with Crippen molar-refractivity contribution in [2.24, 2.45) is 0 Å². The second kappa shape index (κ2) is 4.79. The number of esters is 1. The Morgan fingerprint density at radius 1 is 1.50 bits per heavy atom. The Labute approximate surface area is 83.3 Å². The monoisotopic (exact) mass is 197 g/mol. The molecule has 1 aromatic rings. The quantitative estimate of drug-likeness (QED) is 0.694. The van der Waals surface area contributed by atoms with Gasteiger partial charge < -0.3 is 9.15 Å². The minimum atomic E-state index is -0.420. The summed E-state index contributed by atoms with van der Waals surface area (Å²) in [6.45, 7) is 5.87. The van der Waals surface area contributed by atoms with Crippen LogP contribution in [0.3, 0.4) is 0 Å². The van der Waals surface area contributed by atoms with Gasteiger partial charge in [-0.1, -0.05) is 13.3 Å². The maximum absolute atomic E-state index is 11.4. The summed E-state index contributed by atoms with van der Waals surface area (Å²) in [6.07, 6.45) is 1.67. The molecule has 4 nitrogen and oxygen atoms in total. The van der Waals surface area contributed by atoms with E-state index in [2.05, 4.69) is 4.98 Å². The van der Waals surface area contributed by atoms with E-state index in [4.69, 9.17) is 9.15 Å². The van der Waals surface area contributed by atoms with E-state index in [9.17, 15) is 4.79 Å². The van der Waals surface area contributed by atoms with Crippen LogP contribution in [0.4, 0.5) is 0 Å². The van der Waals surface area contributed by atoms with Crippen LogP contribution in [0.15, 0.2) is 4.42 Å². The second-order valence-electron chi connectivity index (χ2n) is 2.98. The highest BCUT2D eigenvalue weighted by molar-refractivity contribution is 5.87. The molecule has 0 spiro atoms. The van der Waals surface area contributed by atoms with Crippen LogP contribution >= 0.6 is 0 Å². The predicted octanol–water partition coefficient (Wildman–Crippen LogP) is 2.11. The Kier molecular flexibility index (Phi) is 3.68. The first kappa shape index (κ1) is 10.8. The molecule has 1 heterocycles. The van der Waals surface area contributed by atoms with Crippen LogP contribution in [0.5, 0.6) is 0 Å². The van der Waals surface area contributed by atoms with Crippen LogP contribution in [0, 0.1) is 6.92 Å². The van der Waals surface area contributed by atoms with E-state index in [0.29, 0.717) is 18.2 Å². The van der Waals surface area contributed by atoms with Crippen molar-refractivity contribution in [1.29, 1.82) is 0 Å². The molecule has 0 bridgehead atoms. The average Bonchev–Trinajstić information content (AvgIpc) is 2.48. The van der Waals surface area contributed by atoms with Crippen LogP contribution in [-0.2, 0) is 11.2 Å². The van der Waals surface area contributed by atoms with E-state index in [0.717, 1.165) is 12.8 Å². The molecule has 0 N–H and O–H groups in total. The normalized spacial score (nSPS) is 10.2. The molecular formula is C10H15NO3. The summed E-state index contributed by atoms with van der Waals surface area (Å²) in [5.41, 5.74) is 0.698. The Balaban J connectivity index is 2.88. The van der Waals surface area contributed by atoms with Gasteiger partial charge in [0.1, 0.15) is 0 Å². The third-order valence-corrected chi connectivity index (χ3v) is 1.75. The summed E-state index contributed by atoms with van der Waals surface area (Å²) in [5.74, 6) is 0.347. The van der Waals surface area contributed by atoms with Gasteiger partial charge in [0.2, 0.25) is 5.76 Å². The molecule has 78 valence electrons. The third-order valence-electron chi connectivity index (χ3n) is 1.75. The maximum Gasteiger partial charge on any atom is 0.376 e. The molecule has 0 amide bonds. The van der Waals surface area contributed by atoms with Gasteiger partial charge in [0.15, 0.2) is 5.89 Å². The molecule has 0 aliphatic carbocycles. The molecule has 1 aromatic heterocycles. The highest BCUT2D eigenvalue weighted by Gasteiger charge is 2.18. The number of rotatable bonds is 4. The Bertz CT molecular complexity index is 317. The summed E-state index contributed by atoms with van der Waals surface area (Å²) >= 11 is 0. The van der Waals surface area contributed by atoms with Gasteiger partial charge in [-0.2, -0.15) is 0 Å². The van der Waals surface area contributed by atoms with Crippen molar-refractivity contribution in [1.82, 2.24) is 4.98 Å². The van der Waals surface area contributed by atoms with Gasteiger partial charge in [-0.15, -0.1) is 0 Å². The SMILES string of the molecule is CCCc1nc(C)oc1C(=O)OCC. The topological polar surface area (TPSA) is 52.3 Å². The number of aromatic nitrogens is 1. The van der Waals surface area contributed by atoms with E-state index >= 15 is 0 Å². The molecule has 0 saturated carbocycles. The van der Waals surface area contributed by atoms with Gasteiger partial charge in [-0.3, -0.25) is 0 Å².